The SMILES string of the molecule is Cc1ccnc(C(=O)[C@]23Cc4cnn(-c5ccc(F)cc5)c4C=C2CCN(S(=O)(=O)c2cc(F)cc(F)c2)C3)c1. The molecular weight excluding hydrogens is 541 g/mol. The summed E-state index contributed by atoms with van der Waals surface area (Å²) >= 11 is 0. The van der Waals surface area contributed by atoms with Crippen molar-refractivity contribution >= 4 is 21.9 Å². The lowest BCUT2D eigenvalue weighted by atomic mass is 9.65. The Balaban J connectivity index is 1.46. The summed E-state index contributed by atoms with van der Waals surface area (Å²) in [4.78, 5) is 18.0. The molecule has 1 atom stereocenters. The molecular formula is C29H23F3N4O3S. The van der Waals surface area contributed by atoms with Gasteiger partial charge in [0.15, 0.2) is 5.78 Å². The van der Waals surface area contributed by atoms with E-state index < -0.39 is 32.0 Å². The van der Waals surface area contributed by atoms with Crippen LogP contribution in [0, 0.1) is 29.8 Å². The van der Waals surface area contributed by atoms with Crippen molar-refractivity contribution in [1.29, 1.82) is 0 Å². The summed E-state index contributed by atoms with van der Waals surface area (Å²) in [6, 6.07) is 11.4. The number of rotatable bonds is 5. The van der Waals surface area contributed by atoms with Gasteiger partial charge in [0.25, 0.3) is 0 Å². The first-order chi connectivity index (χ1) is 19.1. The first kappa shape index (κ1) is 26.1. The number of benzene rings is 2. The number of hydrogen-bond acceptors (Lipinski definition) is 5. The number of piperidine rings is 1. The number of carbonyl (C=O) groups is 1. The van der Waals surface area contributed by atoms with E-state index >= 15 is 0 Å². The Morgan fingerprint density at radius 2 is 1.70 bits per heavy atom. The van der Waals surface area contributed by atoms with Gasteiger partial charge in [-0.1, -0.05) is 5.57 Å². The number of aromatic nitrogens is 3. The molecule has 1 aliphatic carbocycles. The van der Waals surface area contributed by atoms with Crippen molar-refractivity contribution < 1.29 is 26.4 Å². The third-order valence-corrected chi connectivity index (χ3v) is 9.33. The molecule has 2 aliphatic rings. The fraction of sp³-hybridized carbons (Fsp3) is 0.207. The number of pyridine rings is 1. The Labute approximate surface area is 228 Å². The molecule has 0 unspecified atom stereocenters. The van der Waals surface area contributed by atoms with Gasteiger partial charge in [-0.25, -0.2) is 26.3 Å². The highest BCUT2D eigenvalue weighted by atomic mass is 32.2. The fourth-order valence-electron chi connectivity index (χ4n) is 5.54. The summed E-state index contributed by atoms with van der Waals surface area (Å²) in [5, 5.41) is 4.48. The molecule has 0 bridgehead atoms. The molecule has 1 saturated heterocycles. The van der Waals surface area contributed by atoms with Gasteiger partial charge in [0.05, 0.1) is 27.9 Å². The number of hydrogen-bond donors (Lipinski definition) is 0. The molecule has 0 radical (unpaired) electrons. The van der Waals surface area contributed by atoms with Gasteiger partial charge in [-0.2, -0.15) is 9.40 Å². The van der Waals surface area contributed by atoms with E-state index in [1.807, 2.05) is 13.0 Å². The third-order valence-electron chi connectivity index (χ3n) is 7.51. The molecule has 40 heavy (non-hydrogen) atoms. The Kier molecular flexibility index (Phi) is 6.23. The number of Topliss-reactive ketones (excluding diaryl/α,β-unsaturated/α-hetero) is 1. The molecule has 4 aromatic rings. The summed E-state index contributed by atoms with van der Waals surface area (Å²) in [5.74, 6) is -2.76. The minimum absolute atomic E-state index is 0.00257. The van der Waals surface area contributed by atoms with Crippen molar-refractivity contribution in [2.75, 3.05) is 13.1 Å². The number of halogens is 3. The van der Waals surface area contributed by atoms with E-state index in [-0.39, 0.29) is 43.2 Å². The smallest absolute Gasteiger partial charge is 0.243 e. The quantitative estimate of drug-likeness (QED) is 0.322. The second-order valence-electron chi connectivity index (χ2n) is 10.1. The monoisotopic (exact) mass is 564 g/mol. The Morgan fingerprint density at radius 1 is 0.975 bits per heavy atom. The number of sulfonamides is 1. The van der Waals surface area contributed by atoms with E-state index in [0.717, 1.165) is 22.0 Å². The molecule has 7 nitrogen and oxygen atoms in total. The maximum Gasteiger partial charge on any atom is 0.243 e. The van der Waals surface area contributed by atoms with Crippen molar-refractivity contribution in [3.05, 3.63) is 113 Å². The molecule has 0 amide bonds. The molecule has 2 aromatic carbocycles. The van der Waals surface area contributed by atoms with Crippen molar-refractivity contribution in [2.24, 2.45) is 5.41 Å². The van der Waals surface area contributed by atoms with E-state index in [1.165, 1.54) is 18.3 Å². The zero-order chi connectivity index (χ0) is 28.2. The molecule has 11 heteroatoms. The van der Waals surface area contributed by atoms with E-state index in [9.17, 15) is 26.4 Å². The lowest BCUT2D eigenvalue weighted by Crippen LogP contribution is -2.53. The molecule has 3 heterocycles. The summed E-state index contributed by atoms with van der Waals surface area (Å²) in [7, 11) is -4.34. The summed E-state index contributed by atoms with van der Waals surface area (Å²) in [6.07, 6.45) is 5.31. The molecule has 6 rings (SSSR count). The average Bonchev–Trinajstić information content (AvgIpc) is 3.33. The van der Waals surface area contributed by atoms with Gasteiger partial charge in [0, 0.05) is 25.4 Å². The number of ketones is 1. The van der Waals surface area contributed by atoms with Gasteiger partial charge in [-0.05, 0) is 85.5 Å². The van der Waals surface area contributed by atoms with Crippen LogP contribution in [0.2, 0.25) is 0 Å². The molecule has 1 aliphatic heterocycles. The summed E-state index contributed by atoms with van der Waals surface area (Å²) < 4.78 is 71.4. The van der Waals surface area contributed by atoms with E-state index in [2.05, 4.69) is 10.1 Å². The standard InChI is InChI=1S/C29H23F3N4O3S/c1-18-6-8-33-26(10-18)28(37)29-15-19-16-34-36(24-4-2-21(30)3-5-24)27(19)11-20(29)7-9-35(17-29)40(38,39)25-13-22(31)12-23(32)14-25/h2-6,8,10-14,16H,7,9,15,17H2,1H3/t29-/m0/s1. The van der Waals surface area contributed by atoms with Crippen LogP contribution < -0.4 is 0 Å². The van der Waals surface area contributed by atoms with Crippen molar-refractivity contribution in [3.63, 3.8) is 0 Å². The zero-order valence-corrected chi connectivity index (χ0v) is 22.1. The molecule has 0 spiro atoms. The average molecular weight is 565 g/mol. The van der Waals surface area contributed by atoms with Crippen LogP contribution in [0.3, 0.4) is 0 Å². The highest BCUT2D eigenvalue weighted by molar-refractivity contribution is 7.89. The van der Waals surface area contributed by atoms with Crippen LogP contribution >= 0.6 is 0 Å². The molecule has 0 saturated carbocycles. The first-order valence-corrected chi connectivity index (χ1v) is 14.0. The largest absolute Gasteiger partial charge is 0.291 e. The van der Waals surface area contributed by atoms with Crippen LogP contribution in [0.1, 0.15) is 33.7 Å². The van der Waals surface area contributed by atoms with Crippen LogP contribution in [0.15, 0.2) is 77.5 Å². The minimum atomic E-state index is -4.34. The molecule has 0 N–H and O–H groups in total. The minimum Gasteiger partial charge on any atom is -0.291 e. The number of fused-ring (bicyclic) bond motifs is 2. The first-order valence-electron chi connectivity index (χ1n) is 12.5. The highest BCUT2D eigenvalue weighted by Crippen LogP contribution is 2.47. The second-order valence-corrected chi connectivity index (χ2v) is 12.1. The van der Waals surface area contributed by atoms with E-state index in [0.29, 0.717) is 28.6 Å². The number of aryl methyl sites for hydroxylation is 1. The molecule has 1 fully saturated rings. The lowest BCUT2D eigenvalue weighted by Gasteiger charge is -2.44. The van der Waals surface area contributed by atoms with Crippen molar-refractivity contribution in [2.45, 2.75) is 24.7 Å². The van der Waals surface area contributed by atoms with Gasteiger partial charge in [0.2, 0.25) is 10.0 Å². The Bertz CT molecular complexity index is 1780. The lowest BCUT2D eigenvalue weighted by molar-refractivity contribution is 0.0770. The molecule has 2 aromatic heterocycles. The van der Waals surface area contributed by atoms with Crippen LogP contribution in [0.25, 0.3) is 11.8 Å². The van der Waals surface area contributed by atoms with E-state index in [4.69, 9.17) is 0 Å². The highest BCUT2D eigenvalue weighted by Gasteiger charge is 2.51. The maximum atomic E-state index is 14.2. The van der Waals surface area contributed by atoms with Gasteiger partial charge < -0.3 is 0 Å². The Morgan fingerprint density at radius 3 is 2.40 bits per heavy atom. The predicted octanol–water partition coefficient (Wildman–Crippen LogP) is 4.90. The van der Waals surface area contributed by atoms with Gasteiger partial charge >= 0.3 is 0 Å². The third kappa shape index (κ3) is 4.35. The van der Waals surface area contributed by atoms with Crippen molar-refractivity contribution in [3.8, 4) is 5.69 Å². The summed E-state index contributed by atoms with van der Waals surface area (Å²) in [6.45, 7) is 1.59. The summed E-state index contributed by atoms with van der Waals surface area (Å²) in [5.41, 5.74) is 2.44. The van der Waals surface area contributed by atoms with Crippen molar-refractivity contribution in [1.82, 2.24) is 19.1 Å². The number of nitrogens with zero attached hydrogens (tertiary/aromatic N) is 4. The van der Waals surface area contributed by atoms with Crippen LogP contribution in [-0.4, -0.2) is 46.4 Å². The maximum absolute atomic E-state index is 14.2. The van der Waals surface area contributed by atoms with Crippen LogP contribution in [-0.2, 0) is 16.4 Å². The van der Waals surface area contributed by atoms with Gasteiger partial charge in [0.1, 0.15) is 23.1 Å². The molecule has 204 valence electrons. The number of carbonyl (C=O) groups excluding carboxylic acids is 1. The van der Waals surface area contributed by atoms with Gasteiger partial charge in [-0.3, -0.25) is 9.78 Å². The van der Waals surface area contributed by atoms with E-state index in [1.54, 1.807) is 35.1 Å². The predicted molar refractivity (Wildman–Crippen MR) is 141 cm³/mol. The zero-order valence-electron chi connectivity index (χ0n) is 21.3. The topological polar surface area (TPSA) is 85.2 Å². The van der Waals surface area contributed by atoms with Gasteiger partial charge in [-0.15, -0.1) is 0 Å². The normalized spacial score (nSPS) is 19.1. The second kappa shape index (κ2) is 9.53. The Hall–Kier alpha value is -4.09. The van der Waals surface area contributed by atoms with Crippen LogP contribution in [0.4, 0.5) is 13.2 Å². The fourth-order valence-corrected chi connectivity index (χ4v) is 7.08. The van der Waals surface area contributed by atoms with Crippen LogP contribution in [0.5, 0.6) is 0 Å².